The Kier molecular flexibility index (Phi) is 5.87. The summed E-state index contributed by atoms with van der Waals surface area (Å²) in [5.74, 6) is 1.57. The normalized spacial score (nSPS) is 11.8. The molecule has 0 spiro atoms. The van der Waals surface area contributed by atoms with Gasteiger partial charge in [0.05, 0.1) is 19.9 Å². The average molecular weight is 348 g/mol. The first-order valence-electron chi connectivity index (χ1n) is 8.67. The molecular weight excluding hydrogens is 324 g/mol. The van der Waals surface area contributed by atoms with Crippen LogP contribution in [-0.2, 0) is 6.54 Å². The number of hydrogen-bond donors (Lipinski definition) is 1. The molecule has 4 heteroatoms. The van der Waals surface area contributed by atoms with Crippen LogP contribution in [0.15, 0.2) is 66.9 Å². The first-order valence-corrected chi connectivity index (χ1v) is 8.67. The molecule has 3 aromatic rings. The van der Waals surface area contributed by atoms with Gasteiger partial charge in [-0.3, -0.25) is 4.98 Å². The van der Waals surface area contributed by atoms with Crippen LogP contribution >= 0.6 is 0 Å². The highest BCUT2D eigenvalue weighted by molar-refractivity contribution is 5.69. The first kappa shape index (κ1) is 18.0. The molecule has 0 saturated heterocycles. The third-order valence-corrected chi connectivity index (χ3v) is 4.42. The van der Waals surface area contributed by atoms with Gasteiger partial charge in [-0.1, -0.05) is 36.4 Å². The summed E-state index contributed by atoms with van der Waals surface area (Å²) in [5, 5.41) is 3.57. The minimum absolute atomic E-state index is 0.275. The molecule has 134 valence electrons. The molecule has 0 aliphatic heterocycles. The molecule has 0 saturated carbocycles. The van der Waals surface area contributed by atoms with E-state index in [1.807, 2.05) is 24.3 Å². The van der Waals surface area contributed by atoms with Gasteiger partial charge in [-0.25, -0.2) is 0 Å². The topological polar surface area (TPSA) is 43.4 Å². The molecule has 3 rings (SSSR count). The summed E-state index contributed by atoms with van der Waals surface area (Å²) in [6.45, 7) is 2.93. The quantitative estimate of drug-likeness (QED) is 0.677. The highest BCUT2D eigenvalue weighted by Crippen LogP contribution is 2.31. The predicted octanol–water partition coefficient (Wildman–Crippen LogP) is 4.62. The van der Waals surface area contributed by atoms with Gasteiger partial charge >= 0.3 is 0 Å². The molecule has 2 aromatic carbocycles. The maximum absolute atomic E-state index is 5.52. The molecule has 0 aliphatic rings. The SMILES string of the molecule is COc1ccnc(-c2cc(CN[C@H](C)c3ccccc3)ccc2OC)c1. The number of ether oxygens (including phenoxy) is 2. The third-order valence-electron chi connectivity index (χ3n) is 4.42. The van der Waals surface area contributed by atoms with Gasteiger partial charge < -0.3 is 14.8 Å². The van der Waals surface area contributed by atoms with Gasteiger partial charge in [0.25, 0.3) is 0 Å². The number of nitrogens with one attached hydrogen (secondary N) is 1. The Morgan fingerprint density at radius 3 is 2.50 bits per heavy atom. The summed E-state index contributed by atoms with van der Waals surface area (Å²) in [5.41, 5.74) is 4.24. The van der Waals surface area contributed by atoms with Gasteiger partial charge in [-0.2, -0.15) is 0 Å². The van der Waals surface area contributed by atoms with E-state index in [9.17, 15) is 0 Å². The van der Waals surface area contributed by atoms with Crippen molar-refractivity contribution in [3.63, 3.8) is 0 Å². The van der Waals surface area contributed by atoms with E-state index in [0.717, 1.165) is 29.3 Å². The van der Waals surface area contributed by atoms with Crippen LogP contribution < -0.4 is 14.8 Å². The van der Waals surface area contributed by atoms with Crippen LogP contribution in [0.4, 0.5) is 0 Å². The van der Waals surface area contributed by atoms with Crippen molar-refractivity contribution in [1.82, 2.24) is 10.3 Å². The molecule has 0 amide bonds. The van der Waals surface area contributed by atoms with Crippen molar-refractivity contribution in [3.8, 4) is 22.8 Å². The van der Waals surface area contributed by atoms with E-state index in [2.05, 4.69) is 53.6 Å². The number of rotatable bonds is 7. The van der Waals surface area contributed by atoms with E-state index in [0.29, 0.717) is 0 Å². The number of nitrogens with zero attached hydrogens (tertiary/aromatic N) is 1. The smallest absolute Gasteiger partial charge is 0.128 e. The van der Waals surface area contributed by atoms with E-state index < -0.39 is 0 Å². The Morgan fingerprint density at radius 2 is 1.77 bits per heavy atom. The first-order chi connectivity index (χ1) is 12.7. The summed E-state index contributed by atoms with van der Waals surface area (Å²) < 4.78 is 10.8. The molecule has 1 atom stereocenters. The van der Waals surface area contributed by atoms with E-state index in [1.165, 1.54) is 11.1 Å². The monoisotopic (exact) mass is 348 g/mol. The largest absolute Gasteiger partial charge is 0.497 e. The highest BCUT2D eigenvalue weighted by Gasteiger charge is 2.11. The van der Waals surface area contributed by atoms with Crippen LogP contribution in [-0.4, -0.2) is 19.2 Å². The lowest BCUT2D eigenvalue weighted by molar-refractivity contribution is 0.413. The Balaban J connectivity index is 1.81. The minimum Gasteiger partial charge on any atom is -0.497 e. The lowest BCUT2D eigenvalue weighted by Crippen LogP contribution is -2.18. The number of benzene rings is 2. The minimum atomic E-state index is 0.275. The molecule has 26 heavy (non-hydrogen) atoms. The summed E-state index contributed by atoms with van der Waals surface area (Å²) >= 11 is 0. The van der Waals surface area contributed by atoms with Crippen LogP contribution in [0.3, 0.4) is 0 Å². The second kappa shape index (κ2) is 8.50. The van der Waals surface area contributed by atoms with E-state index in [1.54, 1.807) is 20.4 Å². The third kappa shape index (κ3) is 4.21. The predicted molar refractivity (Wildman–Crippen MR) is 104 cm³/mol. The number of methoxy groups -OCH3 is 2. The van der Waals surface area contributed by atoms with Crippen LogP contribution in [0, 0.1) is 0 Å². The zero-order valence-electron chi connectivity index (χ0n) is 15.4. The molecule has 0 bridgehead atoms. The average Bonchev–Trinajstić information content (AvgIpc) is 2.72. The lowest BCUT2D eigenvalue weighted by atomic mass is 10.0. The van der Waals surface area contributed by atoms with Gasteiger partial charge in [0.2, 0.25) is 0 Å². The lowest BCUT2D eigenvalue weighted by Gasteiger charge is -2.16. The molecule has 1 aromatic heterocycles. The van der Waals surface area contributed by atoms with E-state index in [4.69, 9.17) is 9.47 Å². The van der Waals surface area contributed by atoms with Crippen LogP contribution in [0.2, 0.25) is 0 Å². The standard InChI is InChI=1S/C22H24N2O2/c1-16(18-7-5-4-6-8-18)24-15-17-9-10-22(26-3)20(13-17)21-14-19(25-2)11-12-23-21/h4-14,16,24H,15H2,1-3H3/t16-/m1/s1. The summed E-state index contributed by atoms with van der Waals surface area (Å²) in [6.07, 6.45) is 1.75. The van der Waals surface area contributed by atoms with Gasteiger partial charge in [0.15, 0.2) is 0 Å². The Labute approximate surface area is 154 Å². The fourth-order valence-corrected chi connectivity index (χ4v) is 2.88. The Bertz CT molecular complexity index is 850. The Morgan fingerprint density at radius 1 is 0.962 bits per heavy atom. The molecule has 1 N–H and O–H groups in total. The van der Waals surface area contributed by atoms with Crippen LogP contribution in [0.5, 0.6) is 11.5 Å². The molecule has 0 radical (unpaired) electrons. The van der Waals surface area contributed by atoms with Gasteiger partial charge in [0.1, 0.15) is 11.5 Å². The number of pyridine rings is 1. The second-order valence-corrected chi connectivity index (χ2v) is 6.13. The summed E-state index contributed by atoms with van der Waals surface area (Å²) in [4.78, 5) is 4.47. The summed E-state index contributed by atoms with van der Waals surface area (Å²) in [7, 11) is 3.33. The fourth-order valence-electron chi connectivity index (χ4n) is 2.88. The molecule has 4 nitrogen and oxygen atoms in total. The Hall–Kier alpha value is -2.85. The van der Waals surface area contributed by atoms with Crippen molar-refractivity contribution >= 4 is 0 Å². The van der Waals surface area contributed by atoms with Gasteiger partial charge in [-0.05, 0) is 36.2 Å². The maximum atomic E-state index is 5.52. The molecule has 0 aliphatic carbocycles. The molecular formula is C22H24N2O2. The second-order valence-electron chi connectivity index (χ2n) is 6.13. The molecule has 0 unspecified atom stereocenters. The van der Waals surface area contributed by atoms with E-state index in [-0.39, 0.29) is 6.04 Å². The number of hydrogen-bond acceptors (Lipinski definition) is 4. The zero-order chi connectivity index (χ0) is 18.4. The molecule has 0 fully saturated rings. The van der Waals surface area contributed by atoms with Crippen molar-refractivity contribution in [2.75, 3.05) is 14.2 Å². The highest BCUT2D eigenvalue weighted by atomic mass is 16.5. The fraction of sp³-hybridized carbons (Fsp3) is 0.227. The van der Waals surface area contributed by atoms with Gasteiger partial charge in [0, 0.05) is 30.4 Å². The van der Waals surface area contributed by atoms with Crippen molar-refractivity contribution in [2.45, 2.75) is 19.5 Å². The zero-order valence-corrected chi connectivity index (χ0v) is 15.4. The van der Waals surface area contributed by atoms with Crippen LogP contribution in [0.1, 0.15) is 24.1 Å². The number of aromatic nitrogens is 1. The van der Waals surface area contributed by atoms with Gasteiger partial charge in [-0.15, -0.1) is 0 Å². The van der Waals surface area contributed by atoms with Crippen molar-refractivity contribution in [1.29, 1.82) is 0 Å². The van der Waals surface area contributed by atoms with Crippen LogP contribution in [0.25, 0.3) is 11.3 Å². The van der Waals surface area contributed by atoms with Crippen molar-refractivity contribution in [3.05, 3.63) is 78.0 Å². The van der Waals surface area contributed by atoms with E-state index >= 15 is 0 Å². The van der Waals surface area contributed by atoms with Crippen molar-refractivity contribution in [2.24, 2.45) is 0 Å². The summed E-state index contributed by atoms with van der Waals surface area (Å²) in [6, 6.07) is 20.6. The molecule has 1 heterocycles. The maximum Gasteiger partial charge on any atom is 0.128 e. The van der Waals surface area contributed by atoms with Crippen molar-refractivity contribution < 1.29 is 9.47 Å².